The van der Waals surface area contributed by atoms with E-state index in [9.17, 15) is 0 Å². The van der Waals surface area contributed by atoms with E-state index < -0.39 is 0 Å². The summed E-state index contributed by atoms with van der Waals surface area (Å²) in [6.45, 7) is -0.0907. The highest BCUT2D eigenvalue weighted by Crippen LogP contribution is 2.45. The molecule has 0 saturated carbocycles. The molecule has 10 aromatic carbocycles. The molecular weight excluding hydrogens is 793 g/mol. The molecule has 13 aromatic rings. The van der Waals surface area contributed by atoms with E-state index in [1.165, 1.54) is 22.1 Å². The minimum atomic E-state index is -0.0907. The summed E-state index contributed by atoms with van der Waals surface area (Å²) in [5.74, 6) is 0. The Bertz CT molecular complexity index is 4030. The van der Waals surface area contributed by atoms with Crippen molar-refractivity contribution >= 4 is 95.0 Å². The van der Waals surface area contributed by atoms with Crippen molar-refractivity contribution < 1.29 is 13.3 Å². The molecule has 65 heavy (non-hydrogen) atoms. The molecule has 302 valence electrons. The molecule has 1 aliphatic rings. The zero-order chi connectivity index (χ0) is 42.6. The number of rotatable bonds is 5. The first-order chi connectivity index (χ1) is 32.2. The van der Waals surface area contributed by atoms with Crippen LogP contribution in [0.5, 0.6) is 0 Å². The van der Waals surface area contributed by atoms with Crippen LogP contribution in [0.1, 0.15) is 0 Å². The third-order valence-corrected chi connectivity index (χ3v) is 13.5. The highest BCUT2D eigenvalue weighted by atomic mass is 16.3. The average Bonchev–Trinajstić information content (AvgIpc) is 4.06. The largest absolute Gasteiger partial charge is 0.456 e. The van der Waals surface area contributed by atoms with Crippen molar-refractivity contribution in [2.75, 3.05) is 4.81 Å². The summed E-state index contributed by atoms with van der Waals surface area (Å²) in [7, 11) is 0. The summed E-state index contributed by atoms with van der Waals surface area (Å²) in [6.07, 6.45) is 0. The number of anilines is 2. The number of furan rings is 3. The zero-order valence-corrected chi connectivity index (χ0v) is 35.0. The number of hydrogen-bond donors (Lipinski definition) is 0. The normalized spacial score (nSPS) is 12.6. The van der Waals surface area contributed by atoms with Crippen LogP contribution in [0, 0.1) is 0 Å². The Labute approximate surface area is 374 Å². The van der Waals surface area contributed by atoms with Gasteiger partial charge in [-0.25, -0.2) is 0 Å². The molecule has 0 unspecified atom stereocenters. The van der Waals surface area contributed by atoms with Crippen LogP contribution in [-0.2, 0) is 0 Å². The second-order valence-corrected chi connectivity index (χ2v) is 17.2. The quantitative estimate of drug-likeness (QED) is 0.162. The van der Waals surface area contributed by atoms with E-state index >= 15 is 0 Å². The predicted octanol–water partition coefficient (Wildman–Crippen LogP) is 15.3. The number of para-hydroxylation sites is 3. The summed E-state index contributed by atoms with van der Waals surface area (Å²) in [4.78, 5) is 2.53. The number of fused-ring (bicyclic) bond motifs is 12. The Morgan fingerprint density at radius 3 is 1.23 bits per heavy atom. The van der Waals surface area contributed by atoms with Crippen molar-refractivity contribution in [1.82, 2.24) is 0 Å². The van der Waals surface area contributed by atoms with Gasteiger partial charge in [0.2, 0.25) is 0 Å². The molecule has 1 aliphatic heterocycles. The van der Waals surface area contributed by atoms with Crippen molar-refractivity contribution in [3.63, 3.8) is 0 Å². The lowest BCUT2D eigenvalue weighted by atomic mass is 9.45. The van der Waals surface area contributed by atoms with Crippen LogP contribution in [0.3, 0.4) is 0 Å². The van der Waals surface area contributed by atoms with Crippen LogP contribution < -0.4 is 15.7 Å². The second kappa shape index (κ2) is 14.0. The Kier molecular flexibility index (Phi) is 7.75. The first-order valence-electron chi connectivity index (χ1n) is 22.2. The zero-order valence-electron chi connectivity index (χ0n) is 35.0. The number of hydrogen-bond acceptors (Lipinski definition) is 4. The van der Waals surface area contributed by atoms with Crippen molar-refractivity contribution in [2.24, 2.45) is 0 Å². The standard InChI is InChI=1S/C60H36BNO3/c1-2-10-43(11-3-1)61-53-27-20-39(41-23-30-59-51(35-41)46-13-5-8-16-56(46)64-59)32-48(53)49-33-40(42-24-31-60-52(36-42)47-14-6-9-17-57(47)65-60)21-28-54(49)62(61)44-25-18-37(19-26-44)38-22-29-58-50(34-38)45-12-4-7-15-55(45)63-58/h1-36H. The van der Waals surface area contributed by atoms with Gasteiger partial charge in [-0.3, -0.25) is 0 Å². The van der Waals surface area contributed by atoms with Crippen LogP contribution in [0.15, 0.2) is 232 Å². The maximum atomic E-state index is 6.25. The van der Waals surface area contributed by atoms with Crippen LogP contribution in [0.25, 0.3) is 110 Å². The van der Waals surface area contributed by atoms with Gasteiger partial charge < -0.3 is 18.1 Å². The molecule has 0 amide bonds. The van der Waals surface area contributed by atoms with E-state index in [0.717, 1.165) is 111 Å². The van der Waals surface area contributed by atoms with Gasteiger partial charge in [0.1, 0.15) is 33.5 Å². The van der Waals surface area contributed by atoms with Crippen LogP contribution in [0.2, 0.25) is 0 Å². The van der Waals surface area contributed by atoms with Gasteiger partial charge in [-0.05, 0) is 129 Å². The highest BCUT2D eigenvalue weighted by Gasteiger charge is 2.37. The molecule has 0 N–H and O–H groups in total. The lowest BCUT2D eigenvalue weighted by Gasteiger charge is -2.39. The molecule has 4 nitrogen and oxygen atoms in total. The van der Waals surface area contributed by atoms with Crippen molar-refractivity contribution in [2.45, 2.75) is 0 Å². The van der Waals surface area contributed by atoms with Crippen molar-refractivity contribution in [1.29, 1.82) is 0 Å². The first kappa shape index (κ1) is 36.0. The fraction of sp³-hybridized carbons (Fsp3) is 0. The Hall–Kier alpha value is -8.54. The van der Waals surface area contributed by atoms with Crippen LogP contribution >= 0.6 is 0 Å². The van der Waals surface area contributed by atoms with Gasteiger partial charge in [0.25, 0.3) is 0 Å². The SMILES string of the molecule is c1ccc(B2c3ccc(-c4ccc5oc6ccccc6c5c4)cc3-c3cc(-c4ccc5oc6ccccc6c5c4)ccc3N2c2ccc(-c3ccc4oc5ccccc5c4c3)cc2)cc1. The Morgan fingerprint density at radius 1 is 0.292 bits per heavy atom. The summed E-state index contributed by atoms with van der Waals surface area (Å²) in [6, 6.07) is 78.5. The van der Waals surface area contributed by atoms with Gasteiger partial charge in [0, 0.05) is 49.3 Å². The van der Waals surface area contributed by atoms with E-state index in [0.29, 0.717) is 0 Å². The smallest absolute Gasteiger partial charge is 0.328 e. The summed E-state index contributed by atoms with van der Waals surface area (Å²) in [5, 5.41) is 6.74. The van der Waals surface area contributed by atoms with Gasteiger partial charge in [-0.15, -0.1) is 0 Å². The predicted molar refractivity (Wildman–Crippen MR) is 270 cm³/mol. The molecule has 3 aromatic heterocycles. The van der Waals surface area contributed by atoms with E-state index in [1.54, 1.807) is 0 Å². The highest BCUT2D eigenvalue weighted by molar-refractivity contribution is 6.90. The van der Waals surface area contributed by atoms with E-state index in [2.05, 4.69) is 187 Å². The van der Waals surface area contributed by atoms with Gasteiger partial charge >= 0.3 is 6.85 Å². The minimum Gasteiger partial charge on any atom is -0.456 e. The monoisotopic (exact) mass is 829 g/mol. The van der Waals surface area contributed by atoms with Crippen LogP contribution in [-0.4, -0.2) is 6.85 Å². The fourth-order valence-corrected chi connectivity index (χ4v) is 10.4. The first-order valence-corrected chi connectivity index (χ1v) is 22.2. The van der Waals surface area contributed by atoms with Gasteiger partial charge in [0.15, 0.2) is 0 Å². The average molecular weight is 830 g/mol. The molecule has 14 rings (SSSR count). The molecule has 0 atom stereocenters. The van der Waals surface area contributed by atoms with E-state index in [4.69, 9.17) is 13.3 Å². The number of nitrogens with zero attached hydrogens (tertiary/aromatic N) is 1. The Balaban J connectivity index is 0.952. The maximum Gasteiger partial charge on any atom is 0.328 e. The fourth-order valence-electron chi connectivity index (χ4n) is 10.4. The molecule has 5 heteroatoms. The Morgan fingerprint density at radius 2 is 0.692 bits per heavy atom. The molecule has 0 bridgehead atoms. The topological polar surface area (TPSA) is 42.7 Å². The molecule has 0 radical (unpaired) electrons. The summed E-state index contributed by atoms with van der Waals surface area (Å²) < 4.78 is 18.7. The van der Waals surface area contributed by atoms with Crippen molar-refractivity contribution in [3.05, 3.63) is 218 Å². The molecular formula is C60H36BNO3. The lowest BCUT2D eigenvalue weighted by Crippen LogP contribution is -2.57. The molecule has 0 fully saturated rings. The third-order valence-electron chi connectivity index (χ3n) is 13.5. The summed E-state index contributed by atoms with van der Waals surface area (Å²) in [5.41, 5.74) is 19.4. The van der Waals surface area contributed by atoms with Crippen LogP contribution in [0.4, 0.5) is 11.4 Å². The molecule has 0 aliphatic carbocycles. The third kappa shape index (κ3) is 5.65. The number of benzene rings is 10. The minimum absolute atomic E-state index is 0.0907. The summed E-state index contributed by atoms with van der Waals surface area (Å²) >= 11 is 0. The maximum absolute atomic E-state index is 6.25. The second-order valence-electron chi connectivity index (χ2n) is 17.2. The van der Waals surface area contributed by atoms with Gasteiger partial charge in [-0.1, -0.05) is 139 Å². The molecule has 0 spiro atoms. The molecule has 0 saturated heterocycles. The molecule has 4 heterocycles. The lowest BCUT2D eigenvalue weighted by molar-refractivity contribution is 0.668. The van der Waals surface area contributed by atoms with Crippen molar-refractivity contribution in [3.8, 4) is 44.5 Å². The van der Waals surface area contributed by atoms with Gasteiger partial charge in [0.05, 0.1) is 0 Å². The van der Waals surface area contributed by atoms with E-state index in [-0.39, 0.29) is 6.85 Å². The van der Waals surface area contributed by atoms with Gasteiger partial charge in [-0.2, -0.15) is 0 Å². The van der Waals surface area contributed by atoms with E-state index in [1.807, 2.05) is 36.4 Å².